The molecule has 182 valence electrons. The number of rotatable bonds is 7. The normalized spacial score (nSPS) is 21.5. The number of nitro groups is 1. The highest BCUT2D eigenvalue weighted by Crippen LogP contribution is 2.41. The summed E-state index contributed by atoms with van der Waals surface area (Å²) in [6.07, 6.45) is 1.59. The monoisotopic (exact) mass is 518 g/mol. The Bertz CT molecular complexity index is 1260. The summed E-state index contributed by atoms with van der Waals surface area (Å²) in [5.74, 6) is -2.09. The molecule has 4 rings (SSSR count). The fourth-order valence-corrected chi connectivity index (χ4v) is 5.35. The lowest BCUT2D eigenvalue weighted by Gasteiger charge is -2.49. The number of nitrogens with two attached hydrogens (primary N) is 1. The van der Waals surface area contributed by atoms with Crippen molar-refractivity contribution in [1.29, 1.82) is 0 Å². The molecule has 3 atom stereocenters. The highest BCUT2D eigenvalue weighted by atomic mass is 32.2. The summed E-state index contributed by atoms with van der Waals surface area (Å²) in [6, 6.07) is 4.58. The molecule has 0 aliphatic carbocycles. The summed E-state index contributed by atoms with van der Waals surface area (Å²) >= 11 is 2.41. The first-order valence-corrected chi connectivity index (χ1v) is 11.9. The molecule has 0 radical (unpaired) electrons. The van der Waals surface area contributed by atoms with E-state index in [9.17, 15) is 29.7 Å². The average Bonchev–Trinajstić information content (AvgIpc) is 3.26. The molecule has 2 amide bonds. The zero-order valence-electron chi connectivity index (χ0n) is 18.0. The first-order valence-electron chi connectivity index (χ1n) is 10.0. The number of fused-ring (bicyclic) bond motifs is 1. The standard InChI is InChI=1S/C20H18N6O7S2/c1-9-6-13(19(29)33-7-10-2-4-11(5-3-10)26(31)32)25-17(28)15(18(25)35-9)23-16(27)14(24-30)12-8-34-20(21)22-12/h2-6,8-9,15,18,30H,7H2,1H3,(H2,21,22)(H,23,27)/t9?,15?,18-/m1/s1. The minimum absolute atomic E-state index is 0.0435. The predicted molar refractivity (Wildman–Crippen MR) is 125 cm³/mol. The van der Waals surface area contributed by atoms with Crippen LogP contribution in [0.5, 0.6) is 0 Å². The molecule has 13 nitrogen and oxygen atoms in total. The van der Waals surface area contributed by atoms with Gasteiger partial charge < -0.3 is 21.0 Å². The van der Waals surface area contributed by atoms with Crippen molar-refractivity contribution in [1.82, 2.24) is 15.2 Å². The van der Waals surface area contributed by atoms with Crippen molar-refractivity contribution in [2.24, 2.45) is 5.16 Å². The topological polar surface area (TPSA) is 190 Å². The van der Waals surface area contributed by atoms with Crippen LogP contribution in [0.2, 0.25) is 0 Å². The molecule has 1 aromatic heterocycles. The zero-order valence-corrected chi connectivity index (χ0v) is 19.6. The Kier molecular flexibility index (Phi) is 6.70. The number of hydrogen-bond acceptors (Lipinski definition) is 12. The van der Waals surface area contributed by atoms with Crippen LogP contribution in [0.3, 0.4) is 0 Å². The van der Waals surface area contributed by atoms with Crippen LogP contribution < -0.4 is 11.1 Å². The van der Waals surface area contributed by atoms with Crippen LogP contribution in [0.15, 0.2) is 46.6 Å². The Morgan fingerprint density at radius 1 is 1.37 bits per heavy atom. The fourth-order valence-electron chi connectivity index (χ4n) is 3.48. The smallest absolute Gasteiger partial charge is 0.355 e. The van der Waals surface area contributed by atoms with Crippen molar-refractivity contribution < 1.29 is 29.3 Å². The van der Waals surface area contributed by atoms with Gasteiger partial charge in [-0.2, -0.15) is 0 Å². The maximum absolute atomic E-state index is 12.8. The summed E-state index contributed by atoms with van der Waals surface area (Å²) in [4.78, 5) is 53.6. The third-order valence-electron chi connectivity index (χ3n) is 5.14. The number of ether oxygens (including phenoxy) is 1. The molecule has 3 heterocycles. The van der Waals surface area contributed by atoms with Crippen LogP contribution >= 0.6 is 23.1 Å². The Morgan fingerprint density at radius 2 is 2.09 bits per heavy atom. The first kappa shape index (κ1) is 24.2. The minimum atomic E-state index is -0.964. The molecule has 0 bridgehead atoms. The van der Waals surface area contributed by atoms with Crippen molar-refractivity contribution in [3.05, 3.63) is 62.8 Å². The highest BCUT2D eigenvalue weighted by Gasteiger charge is 2.54. The van der Waals surface area contributed by atoms with E-state index < -0.39 is 39.8 Å². The van der Waals surface area contributed by atoms with Gasteiger partial charge in [-0.1, -0.05) is 5.16 Å². The molecule has 2 aliphatic heterocycles. The number of nitrogens with zero attached hydrogens (tertiary/aromatic N) is 4. The van der Waals surface area contributed by atoms with Crippen LogP contribution in [0.4, 0.5) is 10.8 Å². The van der Waals surface area contributed by atoms with E-state index in [2.05, 4.69) is 15.5 Å². The summed E-state index contributed by atoms with van der Waals surface area (Å²) in [5, 5.41) is 26.4. The van der Waals surface area contributed by atoms with Gasteiger partial charge in [0.2, 0.25) is 0 Å². The van der Waals surface area contributed by atoms with Crippen molar-refractivity contribution in [3.8, 4) is 0 Å². The second kappa shape index (κ2) is 9.71. The van der Waals surface area contributed by atoms with E-state index in [0.717, 1.165) is 11.3 Å². The Morgan fingerprint density at radius 3 is 2.69 bits per heavy atom. The van der Waals surface area contributed by atoms with Crippen LogP contribution in [-0.4, -0.2) is 60.2 Å². The van der Waals surface area contributed by atoms with Crippen LogP contribution in [0.1, 0.15) is 18.2 Å². The number of carbonyl (C=O) groups is 3. The summed E-state index contributed by atoms with van der Waals surface area (Å²) in [6.45, 7) is 1.68. The molecule has 2 aliphatic rings. The summed E-state index contributed by atoms with van der Waals surface area (Å²) in [5.41, 5.74) is 5.73. The molecule has 35 heavy (non-hydrogen) atoms. The number of nitrogens with one attached hydrogen (secondary N) is 1. The summed E-state index contributed by atoms with van der Waals surface area (Å²) < 4.78 is 5.31. The van der Waals surface area contributed by atoms with E-state index in [-0.39, 0.29) is 34.1 Å². The van der Waals surface area contributed by atoms with Crippen molar-refractivity contribution >= 4 is 57.4 Å². The van der Waals surface area contributed by atoms with E-state index >= 15 is 0 Å². The average molecular weight is 519 g/mol. The van der Waals surface area contributed by atoms with Crippen LogP contribution in [-0.2, 0) is 25.7 Å². The lowest BCUT2D eigenvalue weighted by molar-refractivity contribution is -0.384. The molecule has 1 saturated heterocycles. The van der Waals surface area contributed by atoms with Crippen LogP contribution in [0.25, 0.3) is 0 Å². The Hall–Kier alpha value is -3.98. The van der Waals surface area contributed by atoms with Gasteiger partial charge in [-0.25, -0.2) is 9.78 Å². The second-order valence-electron chi connectivity index (χ2n) is 7.46. The zero-order chi connectivity index (χ0) is 25.3. The van der Waals surface area contributed by atoms with E-state index in [1.165, 1.54) is 46.3 Å². The van der Waals surface area contributed by atoms with Gasteiger partial charge in [0.25, 0.3) is 17.5 Å². The number of benzene rings is 1. The molecular weight excluding hydrogens is 500 g/mol. The van der Waals surface area contributed by atoms with Gasteiger partial charge in [0, 0.05) is 22.8 Å². The molecule has 4 N–H and O–H groups in total. The third-order valence-corrected chi connectivity index (χ3v) is 7.14. The molecule has 1 fully saturated rings. The van der Waals surface area contributed by atoms with Crippen molar-refractivity contribution in [2.45, 2.75) is 30.2 Å². The number of anilines is 1. The number of thiazole rings is 1. The number of esters is 1. The van der Waals surface area contributed by atoms with Gasteiger partial charge >= 0.3 is 5.97 Å². The largest absolute Gasteiger partial charge is 0.456 e. The number of nitro benzene ring substituents is 1. The molecular formula is C20H18N6O7S2. The van der Waals surface area contributed by atoms with Crippen molar-refractivity contribution in [2.75, 3.05) is 5.73 Å². The molecule has 15 heteroatoms. The number of non-ortho nitro benzene ring substituents is 1. The van der Waals surface area contributed by atoms with Gasteiger partial charge in [-0.15, -0.1) is 23.1 Å². The molecule has 0 saturated carbocycles. The van der Waals surface area contributed by atoms with Crippen LogP contribution in [0, 0.1) is 10.1 Å². The van der Waals surface area contributed by atoms with Gasteiger partial charge in [0.15, 0.2) is 10.8 Å². The quantitative estimate of drug-likeness (QED) is 0.120. The van der Waals surface area contributed by atoms with Gasteiger partial charge in [-0.05, 0) is 30.7 Å². The number of aromatic nitrogens is 1. The SMILES string of the molecule is CC1C=C(C(=O)OCc2ccc([N+](=O)[O-])cc2)N2C(=O)C(NC(=O)C(=NO)c3csc(N)n3)[C@H]2S1. The van der Waals surface area contributed by atoms with Gasteiger partial charge in [-0.3, -0.25) is 24.6 Å². The molecule has 0 spiro atoms. The predicted octanol–water partition coefficient (Wildman–Crippen LogP) is 1.23. The number of carbonyl (C=O) groups excluding carboxylic acids is 3. The molecule has 1 aromatic carbocycles. The number of hydrogen-bond donors (Lipinski definition) is 3. The number of thioether (sulfide) groups is 1. The van der Waals surface area contributed by atoms with E-state index in [1.807, 2.05) is 6.92 Å². The number of β-lactam (4-membered cyclic amide) rings is 1. The van der Waals surface area contributed by atoms with Crippen molar-refractivity contribution in [3.63, 3.8) is 0 Å². The van der Waals surface area contributed by atoms with Gasteiger partial charge in [0.1, 0.15) is 29.4 Å². The lowest BCUT2D eigenvalue weighted by Crippen LogP contribution is -2.71. The fraction of sp³-hybridized carbons (Fsp3) is 0.250. The first-order chi connectivity index (χ1) is 16.7. The lowest BCUT2D eigenvalue weighted by atomic mass is 10.0. The number of oxime groups is 1. The maximum atomic E-state index is 12.8. The van der Waals surface area contributed by atoms with E-state index in [0.29, 0.717) is 5.56 Å². The molecule has 2 unspecified atom stereocenters. The number of nitrogen functional groups attached to an aromatic ring is 1. The second-order valence-corrected chi connectivity index (χ2v) is 9.85. The van der Waals surface area contributed by atoms with Gasteiger partial charge in [0.05, 0.1) is 4.92 Å². The third kappa shape index (κ3) is 4.81. The number of amides is 2. The van der Waals surface area contributed by atoms with E-state index in [1.54, 1.807) is 6.08 Å². The molecule has 2 aromatic rings. The summed E-state index contributed by atoms with van der Waals surface area (Å²) in [7, 11) is 0. The minimum Gasteiger partial charge on any atom is -0.456 e. The maximum Gasteiger partial charge on any atom is 0.355 e. The Balaban J connectivity index is 1.41. The Labute approximate surface area is 205 Å². The van der Waals surface area contributed by atoms with E-state index in [4.69, 9.17) is 10.5 Å². The highest BCUT2D eigenvalue weighted by molar-refractivity contribution is 8.00.